The maximum Gasteiger partial charge on any atom is 0.0979 e. The molecule has 0 aromatic carbocycles. The second kappa shape index (κ2) is 9.71. The van der Waals surface area contributed by atoms with E-state index in [-0.39, 0.29) is 0 Å². The summed E-state index contributed by atoms with van der Waals surface area (Å²) in [5.41, 5.74) is 0. The zero-order valence-corrected chi connectivity index (χ0v) is 11.7. The van der Waals surface area contributed by atoms with Gasteiger partial charge in [-0.25, -0.2) is 0 Å². The van der Waals surface area contributed by atoms with Crippen LogP contribution in [-0.4, -0.2) is 19.2 Å². The van der Waals surface area contributed by atoms with E-state index in [1.54, 1.807) is 0 Å². The highest BCUT2D eigenvalue weighted by molar-refractivity contribution is 4.95. The Balaban J connectivity index is 4.18. The monoisotopic (exact) mass is 227 g/mol. The molecule has 0 saturated carbocycles. The van der Waals surface area contributed by atoms with Crippen molar-refractivity contribution in [1.82, 2.24) is 5.32 Å². The summed E-state index contributed by atoms with van der Waals surface area (Å²) in [6, 6.07) is 0.533. The summed E-state index contributed by atoms with van der Waals surface area (Å²) >= 11 is 0. The molecule has 96 valence electrons. The van der Waals surface area contributed by atoms with Gasteiger partial charge in [-0.15, -0.1) is 0 Å². The van der Waals surface area contributed by atoms with Crippen molar-refractivity contribution in [3.8, 4) is 0 Å². The van der Waals surface area contributed by atoms with Crippen molar-refractivity contribution in [1.29, 1.82) is 0 Å². The van der Waals surface area contributed by atoms with Gasteiger partial charge < -0.3 is 10.1 Å². The maximum atomic E-state index is 6.04. The van der Waals surface area contributed by atoms with E-state index in [0.29, 0.717) is 12.1 Å². The molecule has 0 rings (SSSR count). The first-order chi connectivity index (χ1) is 7.71. The molecule has 0 aliphatic rings. The van der Waals surface area contributed by atoms with Gasteiger partial charge in [0.1, 0.15) is 0 Å². The Morgan fingerprint density at radius 3 is 2.31 bits per heavy atom. The van der Waals surface area contributed by atoms with E-state index < -0.39 is 0 Å². The van der Waals surface area contributed by atoms with Crippen LogP contribution in [-0.2, 0) is 4.74 Å². The summed E-state index contributed by atoms with van der Waals surface area (Å²) in [5.74, 6) is 1.14. The lowest BCUT2D eigenvalue weighted by molar-refractivity contribution is 0.0939. The van der Waals surface area contributed by atoms with Gasteiger partial charge in [0.25, 0.3) is 0 Å². The summed E-state index contributed by atoms with van der Waals surface area (Å²) < 4.78 is 6.04. The lowest BCUT2D eigenvalue weighted by Crippen LogP contribution is -2.26. The molecular weight excluding hydrogens is 198 g/mol. The second-order valence-corrected chi connectivity index (χ2v) is 4.29. The molecule has 0 saturated heterocycles. The van der Waals surface area contributed by atoms with Crippen molar-refractivity contribution < 1.29 is 4.74 Å². The van der Waals surface area contributed by atoms with Crippen LogP contribution in [0.25, 0.3) is 0 Å². The van der Waals surface area contributed by atoms with Crippen LogP contribution >= 0.6 is 0 Å². The van der Waals surface area contributed by atoms with E-state index in [4.69, 9.17) is 4.74 Å². The Morgan fingerprint density at radius 2 is 1.94 bits per heavy atom. The number of rotatable bonds is 9. The van der Waals surface area contributed by atoms with E-state index in [9.17, 15) is 0 Å². The van der Waals surface area contributed by atoms with Crippen molar-refractivity contribution >= 4 is 0 Å². The standard InChI is InChI=1S/C14H29NO/c1-6-10-13(8-3)16-14(9-4)11-12(7-2)15-5/h9,12-13,15H,6-8,10-11H2,1-5H3/b14-9+. The topological polar surface area (TPSA) is 21.3 Å². The number of hydrogen-bond acceptors (Lipinski definition) is 2. The molecule has 0 amide bonds. The molecular formula is C14H29NO. The van der Waals surface area contributed by atoms with Gasteiger partial charge in [-0.2, -0.15) is 0 Å². The molecule has 0 aromatic rings. The van der Waals surface area contributed by atoms with Gasteiger partial charge >= 0.3 is 0 Å². The predicted octanol–water partition coefficient (Wildman–Crippen LogP) is 3.87. The lowest BCUT2D eigenvalue weighted by atomic mass is 10.1. The highest BCUT2D eigenvalue weighted by atomic mass is 16.5. The third kappa shape index (κ3) is 6.16. The zero-order chi connectivity index (χ0) is 12.4. The van der Waals surface area contributed by atoms with Gasteiger partial charge in [0.05, 0.1) is 11.9 Å². The van der Waals surface area contributed by atoms with Crippen LogP contribution in [0.1, 0.15) is 59.8 Å². The SMILES string of the molecule is C/C=C(\CC(CC)NC)OC(CC)CCC. The number of ether oxygens (including phenoxy) is 1. The van der Waals surface area contributed by atoms with E-state index in [2.05, 4.69) is 39.1 Å². The summed E-state index contributed by atoms with van der Waals surface area (Å²) in [7, 11) is 2.02. The van der Waals surface area contributed by atoms with Crippen molar-refractivity contribution in [2.75, 3.05) is 7.05 Å². The van der Waals surface area contributed by atoms with E-state index in [0.717, 1.165) is 31.4 Å². The summed E-state index contributed by atoms with van der Waals surface area (Å²) in [5, 5.41) is 3.32. The van der Waals surface area contributed by atoms with Crippen molar-refractivity contribution in [2.24, 2.45) is 0 Å². The van der Waals surface area contributed by atoms with Gasteiger partial charge in [-0.1, -0.05) is 27.2 Å². The second-order valence-electron chi connectivity index (χ2n) is 4.29. The molecule has 0 heterocycles. The molecule has 0 bridgehead atoms. The fraction of sp³-hybridized carbons (Fsp3) is 0.857. The average Bonchev–Trinajstić information content (AvgIpc) is 2.33. The zero-order valence-electron chi connectivity index (χ0n) is 11.7. The highest BCUT2D eigenvalue weighted by Crippen LogP contribution is 2.16. The fourth-order valence-corrected chi connectivity index (χ4v) is 1.81. The van der Waals surface area contributed by atoms with Crippen molar-refractivity contribution in [2.45, 2.75) is 71.9 Å². The molecule has 2 heteroatoms. The van der Waals surface area contributed by atoms with Gasteiger partial charge in [0.15, 0.2) is 0 Å². The van der Waals surface area contributed by atoms with E-state index >= 15 is 0 Å². The minimum Gasteiger partial charge on any atom is -0.495 e. The quantitative estimate of drug-likeness (QED) is 0.604. The molecule has 2 atom stereocenters. The molecule has 2 nitrogen and oxygen atoms in total. The Kier molecular flexibility index (Phi) is 9.40. The first kappa shape index (κ1) is 15.5. The molecule has 0 aliphatic heterocycles. The number of nitrogens with one attached hydrogen (secondary N) is 1. The normalized spacial score (nSPS) is 15.9. The molecule has 0 radical (unpaired) electrons. The molecule has 0 aliphatic carbocycles. The predicted molar refractivity (Wildman–Crippen MR) is 71.6 cm³/mol. The van der Waals surface area contributed by atoms with Crippen LogP contribution in [0.2, 0.25) is 0 Å². The fourth-order valence-electron chi connectivity index (χ4n) is 1.81. The Hall–Kier alpha value is -0.500. The maximum absolute atomic E-state index is 6.04. The van der Waals surface area contributed by atoms with Crippen LogP contribution in [0.4, 0.5) is 0 Å². The largest absolute Gasteiger partial charge is 0.495 e. The van der Waals surface area contributed by atoms with Gasteiger partial charge in [-0.05, 0) is 39.3 Å². The van der Waals surface area contributed by atoms with Gasteiger partial charge in [0.2, 0.25) is 0 Å². The average molecular weight is 227 g/mol. The number of allylic oxidation sites excluding steroid dienone is 1. The van der Waals surface area contributed by atoms with Gasteiger partial charge in [0, 0.05) is 12.5 Å². The van der Waals surface area contributed by atoms with E-state index in [1.165, 1.54) is 6.42 Å². The Bertz CT molecular complexity index is 185. The van der Waals surface area contributed by atoms with E-state index in [1.807, 2.05) is 7.05 Å². The molecule has 0 fully saturated rings. The third-order valence-corrected chi connectivity index (χ3v) is 3.05. The first-order valence-corrected chi connectivity index (χ1v) is 6.70. The third-order valence-electron chi connectivity index (χ3n) is 3.05. The smallest absolute Gasteiger partial charge is 0.0979 e. The Labute approximate surface area is 101 Å². The first-order valence-electron chi connectivity index (χ1n) is 6.70. The molecule has 1 N–H and O–H groups in total. The van der Waals surface area contributed by atoms with Crippen LogP contribution < -0.4 is 5.32 Å². The highest BCUT2D eigenvalue weighted by Gasteiger charge is 2.12. The van der Waals surface area contributed by atoms with Crippen molar-refractivity contribution in [3.63, 3.8) is 0 Å². The Morgan fingerprint density at radius 1 is 1.25 bits per heavy atom. The van der Waals surface area contributed by atoms with Gasteiger partial charge in [-0.3, -0.25) is 0 Å². The molecule has 2 unspecified atom stereocenters. The molecule has 16 heavy (non-hydrogen) atoms. The summed E-state index contributed by atoms with van der Waals surface area (Å²) in [4.78, 5) is 0. The van der Waals surface area contributed by atoms with Crippen LogP contribution in [0.15, 0.2) is 11.8 Å². The molecule has 0 spiro atoms. The lowest BCUT2D eigenvalue weighted by Gasteiger charge is -2.22. The summed E-state index contributed by atoms with van der Waals surface area (Å²) in [6.45, 7) is 8.68. The minimum atomic E-state index is 0.394. The number of hydrogen-bond donors (Lipinski definition) is 1. The van der Waals surface area contributed by atoms with Crippen LogP contribution in [0.5, 0.6) is 0 Å². The van der Waals surface area contributed by atoms with Crippen LogP contribution in [0.3, 0.4) is 0 Å². The van der Waals surface area contributed by atoms with Crippen molar-refractivity contribution in [3.05, 3.63) is 11.8 Å². The molecule has 0 aromatic heterocycles. The van der Waals surface area contributed by atoms with Crippen LogP contribution in [0, 0.1) is 0 Å². The minimum absolute atomic E-state index is 0.394. The summed E-state index contributed by atoms with van der Waals surface area (Å²) in [6.07, 6.45) is 8.10.